The molecular formula is C20H25FN2O4. The first-order valence-corrected chi connectivity index (χ1v) is 9.41. The van der Waals surface area contributed by atoms with E-state index in [1.165, 1.54) is 17.0 Å². The second-order valence-electron chi connectivity index (χ2n) is 7.94. The number of rotatable bonds is 5. The van der Waals surface area contributed by atoms with E-state index in [1.807, 2.05) is 13.8 Å². The van der Waals surface area contributed by atoms with Gasteiger partial charge in [0.15, 0.2) is 0 Å². The van der Waals surface area contributed by atoms with Crippen molar-refractivity contribution < 1.29 is 23.9 Å². The van der Waals surface area contributed by atoms with Crippen molar-refractivity contribution in [3.63, 3.8) is 0 Å². The summed E-state index contributed by atoms with van der Waals surface area (Å²) in [4.78, 5) is 37.7. The fourth-order valence-electron chi connectivity index (χ4n) is 4.32. The van der Waals surface area contributed by atoms with Crippen LogP contribution in [0.5, 0.6) is 0 Å². The Morgan fingerprint density at radius 2 is 2.04 bits per heavy atom. The average molecular weight is 376 g/mol. The number of carboxylic acid groups (broad SMARTS) is 1. The number of hydrogen-bond acceptors (Lipinski definition) is 3. The molecule has 0 bridgehead atoms. The second-order valence-corrected chi connectivity index (χ2v) is 7.94. The summed E-state index contributed by atoms with van der Waals surface area (Å²) in [5.41, 5.74) is 0.117. The fraction of sp³-hybridized carbons (Fsp3) is 0.550. The molecule has 3 atom stereocenters. The maximum absolute atomic E-state index is 14.4. The summed E-state index contributed by atoms with van der Waals surface area (Å²) in [5, 5.41) is 12.1. The lowest BCUT2D eigenvalue weighted by molar-refractivity contribution is -0.142. The minimum Gasteiger partial charge on any atom is -0.480 e. The zero-order valence-corrected chi connectivity index (χ0v) is 15.6. The summed E-state index contributed by atoms with van der Waals surface area (Å²) in [6.45, 7) is 4.18. The van der Waals surface area contributed by atoms with Crippen molar-refractivity contribution in [2.24, 2.45) is 17.8 Å². The van der Waals surface area contributed by atoms with E-state index in [2.05, 4.69) is 5.32 Å². The summed E-state index contributed by atoms with van der Waals surface area (Å²) >= 11 is 0. The van der Waals surface area contributed by atoms with Gasteiger partial charge in [-0.15, -0.1) is 0 Å². The molecule has 1 aromatic rings. The highest BCUT2D eigenvalue weighted by molar-refractivity contribution is 5.98. The Balaban J connectivity index is 1.76. The lowest BCUT2D eigenvalue weighted by Crippen LogP contribution is -2.43. The van der Waals surface area contributed by atoms with Crippen LogP contribution in [-0.2, 0) is 9.59 Å². The van der Waals surface area contributed by atoms with E-state index in [4.69, 9.17) is 0 Å². The first kappa shape index (κ1) is 19.3. The van der Waals surface area contributed by atoms with Crippen LogP contribution in [0.1, 0.15) is 49.9 Å². The van der Waals surface area contributed by atoms with Gasteiger partial charge in [-0.2, -0.15) is 0 Å². The van der Waals surface area contributed by atoms with Gasteiger partial charge in [-0.3, -0.25) is 9.59 Å². The number of fused-ring (bicyclic) bond motifs is 1. The van der Waals surface area contributed by atoms with Crippen LogP contribution in [-0.4, -0.2) is 40.4 Å². The van der Waals surface area contributed by atoms with Crippen molar-refractivity contribution >= 4 is 23.5 Å². The molecule has 0 radical (unpaired) electrons. The van der Waals surface area contributed by atoms with Crippen LogP contribution in [0.15, 0.2) is 18.2 Å². The molecule has 0 spiro atoms. The predicted octanol–water partition coefficient (Wildman–Crippen LogP) is 3.14. The number of hydrogen-bond donors (Lipinski definition) is 2. The highest BCUT2D eigenvalue weighted by Crippen LogP contribution is 2.42. The lowest BCUT2D eigenvalue weighted by Gasteiger charge is -2.24. The standard InChI is InChI=1S/C20H25FN2O4/c1-11(2)8-17(24)22-16-7-6-12(9-15(16)21)19(25)23-10-13-4-3-5-14(13)18(23)20(26)27/h6-7,9,11,13-14,18H,3-5,8,10H2,1-2H3,(H,22,24)(H,26,27)/t13-,14-,18+/m0/s1. The van der Waals surface area contributed by atoms with E-state index < -0.39 is 23.7 Å². The van der Waals surface area contributed by atoms with Crippen LogP contribution in [0.2, 0.25) is 0 Å². The quantitative estimate of drug-likeness (QED) is 0.827. The number of amides is 2. The van der Waals surface area contributed by atoms with Gasteiger partial charge in [-0.25, -0.2) is 9.18 Å². The molecule has 1 heterocycles. The van der Waals surface area contributed by atoms with Gasteiger partial charge in [0.25, 0.3) is 5.91 Å². The Bertz CT molecular complexity index is 764. The monoisotopic (exact) mass is 376 g/mol. The molecule has 2 aliphatic rings. The summed E-state index contributed by atoms with van der Waals surface area (Å²) in [5.74, 6) is -2.14. The van der Waals surface area contributed by atoms with Gasteiger partial charge in [0.1, 0.15) is 11.9 Å². The Hall–Kier alpha value is -2.44. The van der Waals surface area contributed by atoms with Gasteiger partial charge in [0.2, 0.25) is 5.91 Å². The number of nitrogens with zero attached hydrogens (tertiary/aromatic N) is 1. The second kappa shape index (κ2) is 7.66. The number of benzene rings is 1. The molecule has 2 N–H and O–H groups in total. The van der Waals surface area contributed by atoms with Gasteiger partial charge in [-0.05, 0) is 48.8 Å². The van der Waals surface area contributed by atoms with Crippen LogP contribution >= 0.6 is 0 Å². The third kappa shape index (κ3) is 3.96. The molecular weight excluding hydrogens is 351 g/mol. The molecule has 6 nitrogen and oxygen atoms in total. The summed E-state index contributed by atoms with van der Waals surface area (Å²) in [7, 11) is 0. The van der Waals surface area contributed by atoms with Gasteiger partial charge in [0.05, 0.1) is 5.69 Å². The molecule has 1 saturated carbocycles. The SMILES string of the molecule is CC(C)CC(=O)Nc1ccc(C(=O)N2C[C@@H]3CCC[C@@H]3[C@@H]2C(=O)O)cc1F. The van der Waals surface area contributed by atoms with Crippen molar-refractivity contribution in [3.05, 3.63) is 29.6 Å². The molecule has 1 saturated heterocycles. The molecule has 0 aromatic heterocycles. The average Bonchev–Trinajstić information content (AvgIpc) is 3.15. The number of nitrogens with one attached hydrogen (secondary N) is 1. The molecule has 1 aliphatic heterocycles. The molecule has 0 unspecified atom stereocenters. The van der Waals surface area contributed by atoms with Gasteiger partial charge < -0.3 is 15.3 Å². The third-order valence-corrected chi connectivity index (χ3v) is 5.49. The van der Waals surface area contributed by atoms with Crippen LogP contribution < -0.4 is 5.32 Å². The number of likely N-dealkylation sites (tertiary alicyclic amines) is 1. The topological polar surface area (TPSA) is 86.7 Å². The van der Waals surface area contributed by atoms with Crippen molar-refractivity contribution in [3.8, 4) is 0 Å². The molecule has 3 rings (SSSR count). The van der Waals surface area contributed by atoms with Gasteiger partial charge >= 0.3 is 5.97 Å². The number of carbonyl (C=O) groups excluding carboxylic acids is 2. The van der Waals surface area contributed by atoms with Crippen LogP contribution in [0, 0.1) is 23.6 Å². The maximum atomic E-state index is 14.4. The largest absolute Gasteiger partial charge is 0.480 e. The zero-order valence-electron chi connectivity index (χ0n) is 15.6. The summed E-state index contributed by atoms with van der Waals surface area (Å²) in [6, 6.07) is 3.01. The van der Waals surface area contributed by atoms with Crippen molar-refractivity contribution in [1.29, 1.82) is 0 Å². The summed E-state index contributed by atoms with van der Waals surface area (Å²) in [6.07, 6.45) is 2.99. The minimum absolute atomic E-state index is 0.0188. The molecule has 7 heteroatoms. The molecule has 146 valence electrons. The molecule has 2 amide bonds. The first-order valence-electron chi connectivity index (χ1n) is 9.41. The highest BCUT2D eigenvalue weighted by Gasteiger charge is 2.49. The fourth-order valence-corrected chi connectivity index (χ4v) is 4.32. The number of aliphatic carboxylic acids is 1. The highest BCUT2D eigenvalue weighted by atomic mass is 19.1. The number of halogens is 1. The third-order valence-electron chi connectivity index (χ3n) is 5.49. The van der Waals surface area contributed by atoms with E-state index >= 15 is 0 Å². The minimum atomic E-state index is -1.00. The molecule has 27 heavy (non-hydrogen) atoms. The Morgan fingerprint density at radius 3 is 2.67 bits per heavy atom. The van der Waals surface area contributed by atoms with Crippen molar-refractivity contribution in [2.75, 3.05) is 11.9 Å². The van der Waals surface area contributed by atoms with Crippen molar-refractivity contribution in [2.45, 2.75) is 45.6 Å². The summed E-state index contributed by atoms with van der Waals surface area (Å²) < 4.78 is 14.4. The van der Waals surface area contributed by atoms with Crippen LogP contribution in [0.4, 0.5) is 10.1 Å². The smallest absolute Gasteiger partial charge is 0.326 e. The van der Waals surface area contributed by atoms with Crippen LogP contribution in [0.3, 0.4) is 0 Å². The Labute approximate surface area is 157 Å². The number of carbonyl (C=O) groups is 3. The lowest BCUT2D eigenvalue weighted by atomic mass is 9.94. The van der Waals surface area contributed by atoms with Crippen molar-refractivity contribution in [1.82, 2.24) is 4.90 Å². The number of anilines is 1. The Morgan fingerprint density at radius 1 is 1.30 bits per heavy atom. The van der Waals surface area contributed by atoms with Crippen LogP contribution in [0.25, 0.3) is 0 Å². The van der Waals surface area contributed by atoms with E-state index in [9.17, 15) is 23.9 Å². The van der Waals surface area contributed by atoms with E-state index in [-0.39, 0.29) is 41.3 Å². The molecule has 1 aromatic carbocycles. The molecule has 1 aliphatic carbocycles. The normalized spacial score (nSPS) is 24.1. The zero-order chi connectivity index (χ0) is 19.7. The van der Waals surface area contributed by atoms with Gasteiger partial charge in [0, 0.05) is 18.5 Å². The predicted molar refractivity (Wildman–Crippen MR) is 97.8 cm³/mol. The Kier molecular flexibility index (Phi) is 5.48. The van der Waals surface area contributed by atoms with E-state index in [0.717, 1.165) is 25.3 Å². The number of carboxylic acids is 1. The van der Waals surface area contributed by atoms with E-state index in [1.54, 1.807) is 0 Å². The van der Waals surface area contributed by atoms with E-state index in [0.29, 0.717) is 6.54 Å². The first-order chi connectivity index (χ1) is 12.8. The molecule has 2 fully saturated rings. The van der Waals surface area contributed by atoms with Gasteiger partial charge in [-0.1, -0.05) is 20.3 Å². The maximum Gasteiger partial charge on any atom is 0.326 e.